The van der Waals surface area contributed by atoms with Crippen molar-refractivity contribution in [2.24, 2.45) is 10.8 Å². The Morgan fingerprint density at radius 2 is 1.45 bits per heavy atom. The average molecular weight is 575 g/mol. The number of nitrogens with zero attached hydrogens (tertiary/aromatic N) is 1. The lowest BCUT2D eigenvalue weighted by atomic mass is 9.64. The van der Waals surface area contributed by atoms with Crippen LogP contribution >= 0.6 is 0 Å². The molecule has 42 heavy (non-hydrogen) atoms. The Hall–Kier alpha value is -3.94. The smallest absolute Gasteiger partial charge is 0.262 e. The molecule has 7 nitrogen and oxygen atoms in total. The van der Waals surface area contributed by atoms with E-state index >= 15 is 0 Å². The Labute approximate surface area is 246 Å². The van der Waals surface area contributed by atoms with Gasteiger partial charge in [-0.25, -0.2) is 4.39 Å². The number of halogens is 1. The zero-order chi connectivity index (χ0) is 30.4. The highest BCUT2D eigenvalue weighted by Gasteiger charge is 2.48. The van der Waals surface area contributed by atoms with Crippen molar-refractivity contribution in [1.29, 1.82) is 0 Å². The number of hydrogen-bond donors (Lipinski definition) is 1. The molecule has 0 aromatic heterocycles. The van der Waals surface area contributed by atoms with Crippen LogP contribution in [0.1, 0.15) is 71.8 Å². The van der Waals surface area contributed by atoms with E-state index < -0.39 is 17.6 Å². The van der Waals surface area contributed by atoms with E-state index in [0.29, 0.717) is 47.8 Å². The Morgan fingerprint density at radius 1 is 0.881 bits per heavy atom. The van der Waals surface area contributed by atoms with Gasteiger partial charge >= 0.3 is 0 Å². The van der Waals surface area contributed by atoms with Crippen LogP contribution in [0.25, 0.3) is 0 Å². The summed E-state index contributed by atoms with van der Waals surface area (Å²) in [5, 5.41) is 2.68. The second-order valence-electron chi connectivity index (χ2n) is 13.1. The zero-order valence-corrected chi connectivity index (χ0v) is 25.2. The molecule has 8 heteroatoms. The molecule has 1 heterocycles. The van der Waals surface area contributed by atoms with E-state index in [-0.39, 0.29) is 29.0 Å². The van der Waals surface area contributed by atoms with Crippen LogP contribution in [0.2, 0.25) is 0 Å². The van der Waals surface area contributed by atoms with Gasteiger partial charge in [0.05, 0.1) is 6.61 Å². The molecule has 0 bridgehead atoms. The van der Waals surface area contributed by atoms with Crippen molar-refractivity contribution >= 4 is 23.2 Å². The number of benzene rings is 2. The number of allylic oxidation sites excluding steroid dienone is 4. The van der Waals surface area contributed by atoms with Crippen molar-refractivity contribution in [1.82, 2.24) is 4.90 Å². The van der Waals surface area contributed by atoms with E-state index in [1.807, 2.05) is 26.1 Å². The van der Waals surface area contributed by atoms with Crippen LogP contribution in [-0.4, -0.2) is 42.6 Å². The van der Waals surface area contributed by atoms with Crippen LogP contribution in [0.4, 0.5) is 10.1 Å². The first-order valence-electron chi connectivity index (χ1n) is 14.5. The number of amides is 1. The largest absolute Gasteiger partial charge is 0.490 e. The molecule has 1 amide bonds. The topological polar surface area (TPSA) is 84.9 Å². The van der Waals surface area contributed by atoms with Crippen molar-refractivity contribution in [2.45, 2.75) is 66.2 Å². The summed E-state index contributed by atoms with van der Waals surface area (Å²) in [6, 6.07) is 10.9. The first-order chi connectivity index (χ1) is 19.8. The quantitative estimate of drug-likeness (QED) is 0.403. The number of ketones is 2. The van der Waals surface area contributed by atoms with E-state index in [0.717, 1.165) is 29.8 Å². The van der Waals surface area contributed by atoms with Crippen LogP contribution in [0, 0.1) is 16.6 Å². The van der Waals surface area contributed by atoms with Gasteiger partial charge in [-0.05, 0) is 72.6 Å². The molecule has 222 valence electrons. The number of carbonyl (C=O) groups excluding carboxylic acids is 3. The van der Waals surface area contributed by atoms with Crippen LogP contribution in [0.3, 0.4) is 0 Å². The van der Waals surface area contributed by atoms with E-state index in [2.05, 4.69) is 37.9 Å². The number of anilines is 1. The molecule has 0 saturated carbocycles. The zero-order valence-electron chi connectivity index (χ0n) is 25.2. The highest BCUT2D eigenvalue weighted by atomic mass is 19.1. The summed E-state index contributed by atoms with van der Waals surface area (Å²) in [5.74, 6) is -0.347. The molecule has 2 aromatic carbocycles. The van der Waals surface area contributed by atoms with E-state index in [4.69, 9.17) is 9.47 Å². The van der Waals surface area contributed by atoms with Gasteiger partial charge < -0.3 is 19.7 Å². The van der Waals surface area contributed by atoms with Gasteiger partial charge in [0, 0.05) is 54.0 Å². The molecule has 2 aliphatic carbocycles. The molecule has 5 rings (SSSR count). The van der Waals surface area contributed by atoms with Crippen LogP contribution in [0.5, 0.6) is 11.5 Å². The predicted octanol–water partition coefficient (Wildman–Crippen LogP) is 6.56. The summed E-state index contributed by atoms with van der Waals surface area (Å²) < 4.78 is 25.0. The molecule has 1 aliphatic heterocycles. The predicted molar refractivity (Wildman–Crippen MR) is 159 cm³/mol. The number of ether oxygens (including phenoxy) is 2. The summed E-state index contributed by atoms with van der Waals surface area (Å²) >= 11 is 0. The van der Waals surface area contributed by atoms with Gasteiger partial charge in [-0.3, -0.25) is 14.4 Å². The van der Waals surface area contributed by atoms with E-state index in [1.54, 1.807) is 6.07 Å². The Bertz CT molecular complexity index is 1450. The second kappa shape index (κ2) is 11.0. The van der Waals surface area contributed by atoms with Gasteiger partial charge in [0.25, 0.3) is 5.91 Å². The van der Waals surface area contributed by atoms with E-state index in [9.17, 15) is 18.8 Å². The maximum absolute atomic E-state index is 13.8. The lowest BCUT2D eigenvalue weighted by Crippen LogP contribution is -2.43. The summed E-state index contributed by atoms with van der Waals surface area (Å²) in [6.45, 7) is 10.4. The number of Topliss-reactive ketones (excluding diaryl/α,β-unsaturated/α-hetero) is 2. The number of hydrogen-bond acceptors (Lipinski definition) is 6. The highest BCUT2D eigenvalue weighted by Crippen LogP contribution is 2.54. The van der Waals surface area contributed by atoms with Crippen molar-refractivity contribution in [2.75, 3.05) is 25.6 Å². The van der Waals surface area contributed by atoms with Gasteiger partial charge in [-0.15, -0.1) is 0 Å². The number of carbonyl (C=O) groups is 3. The maximum Gasteiger partial charge on any atom is 0.262 e. The monoisotopic (exact) mass is 574 g/mol. The molecule has 0 radical (unpaired) electrons. The SMILES string of the molecule is CCOc1cc(C2C3=C(CC(C)(C)CC3=O)N(C)C3=C2C(=O)CC(C)(C)C3)ccc1OCC(=O)Nc1ccc(F)cc1. The fourth-order valence-electron chi connectivity index (χ4n) is 6.46. The number of rotatable bonds is 7. The fourth-order valence-corrected chi connectivity index (χ4v) is 6.46. The molecular weight excluding hydrogens is 535 g/mol. The first-order valence-corrected chi connectivity index (χ1v) is 14.5. The summed E-state index contributed by atoms with van der Waals surface area (Å²) in [5.41, 5.74) is 4.25. The lowest BCUT2D eigenvalue weighted by molar-refractivity contribution is -0.120. The molecular formula is C34H39FN2O5. The minimum Gasteiger partial charge on any atom is -0.490 e. The third-order valence-corrected chi connectivity index (χ3v) is 8.27. The van der Waals surface area contributed by atoms with Gasteiger partial charge in [0.15, 0.2) is 29.7 Å². The van der Waals surface area contributed by atoms with Crippen LogP contribution < -0.4 is 14.8 Å². The molecule has 0 spiro atoms. The summed E-state index contributed by atoms with van der Waals surface area (Å²) in [7, 11) is 1.99. The van der Waals surface area contributed by atoms with Gasteiger partial charge in [-0.2, -0.15) is 0 Å². The van der Waals surface area contributed by atoms with Crippen LogP contribution in [0.15, 0.2) is 65.0 Å². The van der Waals surface area contributed by atoms with Crippen LogP contribution in [-0.2, 0) is 14.4 Å². The molecule has 0 saturated heterocycles. The van der Waals surface area contributed by atoms with Gasteiger partial charge in [0.1, 0.15) is 5.82 Å². The molecule has 0 atom stereocenters. The fraction of sp³-hybridized carbons (Fsp3) is 0.441. The Balaban J connectivity index is 1.50. The normalized spacial score (nSPS) is 19.8. The minimum atomic E-state index is -0.492. The van der Waals surface area contributed by atoms with E-state index in [1.165, 1.54) is 24.3 Å². The Kier molecular flexibility index (Phi) is 7.77. The Morgan fingerprint density at radius 3 is 2.00 bits per heavy atom. The number of nitrogens with one attached hydrogen (secondary N) is 1. The minimum absolute atomic E-state index is 0.0676. The molecule has 0 fully saturated rings. The second-order valence-corrected chi connectivity index (χ2v) is 13.1. The average Bonchev–Trinajstić information content (AvgIpc) is 2.89. The third-order valence-electron chi connectivity index (χ3n) is 8.27. The molecule has 3 aliphatic rings. The summed E-state index contributed by atoms with van der Waals surface area (Å²) in [4.78, 5) is 42.2. The van der Waals surface area contributed by atoms with Crippen molar-refractivity contribution < 1.29 is 28.2 Å². The first kappa shape index (κ1) is 29.5. The lowest BCUT2D eigenvalue weighted by Gasteiger charge is -2.47. The van der Waals surface area contributed by atoms with Crippen molar-refractivity contribution in [3.8, 4) is 11.5 Å². The summed E-state index contributed by atoms with van der Waals surface area (Å²) in [6.07, 6.45) is 2.33. The molecule has 2 aromatic rings. The maximum atomic E-state index is 13.8. The van der Waals surface area contributed by atoms with Gasteiger partial charge in [0.2, 0.25) is 0 Å². The van der Waals surface area contributed by atoms with Crippen molar-refractivity contribution in [3.63, 3.8) is 0 Å². The van der Waals surface area contributed by atoms with Gasteiger partial charge in [-0.1, -0.05) is 33.8 Å². The van der Waals surface area contributed by atoms with Crippen molar-refractivity contribution in [3.05, 3.63) is 76.4 Å². The third kappa shape index (κ3) is 5.85. The highest BCUT2D eigenvalue weighted by molar-refractivity contribution is 6.06. The molecule has 1 N–H and O–H groups in total. The molecule has 0 unspecified atom stereocenters. The standard InChI is InChI=1S/C34H39FN2O5/c1-7-41-28-14-20(8-13-27(28)42-19-29(40)36-22-11-9-21(35)10-12-22)30-31-23(15-33(2,3)17-25(31)38)37(6)24-16-34(4,5)18-26(39)32(24)30/h8-14,30H,7,15-19H2,1-6H3,(H,36,40).